The Balaban J connectivity index is 0. The first-order valence-corrected chi connectivity index (χ1v) is 10.7. The monoisotopic (exact) mass is 466 g/mol. The summed E-state index contributed by atoms with van der Waals surface area (Å²) >= 11 is 0. The van der Waals surface area contributed by atoms with Crippen molar-refractivity contribution < 1.29 is 29.2 Å². The number of aliphatic hydroxyl groups is 1. The number of ether oxygens (including phenoxy) is 1. The Morgan fingerprint density at radius 1 is 0.765 bits per heavy atom. The minimum absolute atomic E-state index is 0.112. The van der Waals surface area contributed by atoms with Crippen molar-refractivity contribution in [1.82, 2.24) is 0 Å². The summed E-state index contributed by atoms with van der Waals surface area (Å²) in [6.45, 7) is 10.8. The molecule has 6 heteroatoms. The number of aliphatic hydroxyl groups excluding tert-OH is 1. The molecule has 0 aromatic heterocycles. The van der Waals surface area contributed by atoms with Crippen molar-refractivity contribution in [2.24, 2.45) is 0 Å². The van der Waals surface area contributed by atoms with Crippen LogP contribution in [0, 0.1) is 13.6 Å². The molecule has 0 aliphatic heterocycles. The summed E-state index contributed by atoms with van der Waals surface area (Å²) in [7, 11) is 0. The zero-order valence-electron chi connectivity index (χ0n) is 20.0. The molecule has 182 valence electrons. The van der Waals surface area contributed by atoms with Crippen molar-refractivity contribution in [2.45, 2.75) is 33.6 Å². The molecule has 0 heterocycles. The second-order valence-corrected chi connectivity index (χ2v) is 6.49. The Bertz CT molecular complexity index is 878. The summed E-state index contributed by atoms with van der Waals surface area (Å²) in [5, 5.41) is 15.9. The van der Waals surface area contributed by atoms with Gasteiger partial charge in [-0.2, -0.15) is 0 Å². The first kappa shape index (κ1) is 32.5. The van der Waals surface area contributed by atoms with Gasteiger partial charge in [-0.25, -0.2) is 0 Å². The van der Waals surface area contributed by atoms with Gasteiger partial charge in [-0.3, -0.25) is 9.59 Å². The minimum atomic E-state index is -0.786. The van der Waals surface area contributed by atoms with Crippen LogP contribution in [0.1, 0.15) is 30.5 Å². The van der Waals surface area contributed by atoms with Crippen LogP contribution >= 0.6 is 0 Å². The topological polar surface area (TPSA) is 104 Å². The van der Waals surface area contributed by atoms with E-state index in [4.69, 9.17) is 19.6 Å². The summed E-state index contributed by atoms with van der Waals surface area (Å²) < 4.78 is 12.3. The van der Waals surface area contributed by atoms with Crippen LogP contribution in [0.15, 0.2) is 91.0 Å². The van der Waals surface area contributed by atoms with Crippen LogP contribution in [-0.2, 0) is 31.8 Å². The van der Waals surface area contributed by atoms with Crippen LogP contribution < -0.4 is 0 Å². The summed E-state index contributed by atoms with van der Waals surface area (Å²) in [5.74, 6) is -0.949. The fourth-order valence-electron chi connectivity index (χ4n) is 2.28. The van der Waals surface area contributed by atoms with Crippen LogP contribution in [0.2, 0.25) is 0 Å². The number of hydrogen-bond acceptors (Lipinski definition) is 4. The molecule has 0 bridgehead atoms. The van der Waals surface area contributed by atoms with Crippen LogP contribution in [0.25, 0.3) is 0 Å². The van der Waals surface area contributed by atoms with Crippen LogP contribution in [0.3, 0.4) is 0 Å². The standard InChI is InChI=1S/C10H12O2.C8H8O2.C7H8.C2H6O.CO/c1-2-12-10(11)8-9-6-4-3-5-7-9;9-8(10)6-7-4-2-1-3-5-7;1-7-5-3-2-4-6-7;1-2-3;1-2/h3-7H,2,8H2,1H3;1-5H,6H2,(H,9,10);2-6H,1H3;3H,2H2,1H3;. The molecule has 0 aliphatic rings. The van der Waals surface area contributed by atoms with Crippen molar-refractivity contribution in [1.29, 1.82) is 0 Å². The normalized spacial score (nSPS) is 8.41. The van der Waals surface area contributed by atoms with Crippen LogP contribution in [0.5, 0.6) is 0 Å². The number of carboxylic acid groups (broad SMARTS) is 1. The fraction of sp³-hybridized carbons (Fsp3) is 0.250. The first-order valence-electron chi connectivity index (χ1n) is 10.7. The summed E-state index contributed by atoms with van der Waals surface area (Å²) in [4.78, 5) is 21.2. The Morgan fingerprint density at radius 3 is 1.41 bits per heavy atom. The van der Waals surface area contributed by atoms with Crippen molar-refractivity contribution in [2.75, 3.05) is 13.2 Å². The molecule has 0 saturated carbocycles. The molecule has 6 nitrogen and oxygen atoms in total. The number of aryl methyl sites for hydroxylation is 1. The third-order valence-electron chi connectivity index (χ3n) is 3.64. The van der Waals surface area contributed by atoms with Gasteiger partial charge in [-0.05, 0) is 31.9 Å². The zero-order valence-corrected chi connectivity index (χ0v) is 20.0. The molecule has 0 amide bonds. The molecule has 0 atom stereocenters. The quantitative estimate of drug-likeness (QED) is 0.311. The van der Waals surface area contributed by atoms with Crippen molar-refractivity contribution in [3.05, 3.63) is 114 Å². The molecule has 34 heavy (non-hydrogen) atoms. The number of benzene rings is 3. The van der Waals surface area contributed by atoms with E-state index in [-0.39, 0.29) is 19.0 Å². The van der Waals surface area contributed by atoms with Gasteiger partial charge >= 0.3 is 23.2 Å². The van der Waals surface area contributed by atoms with Crippen LogP contribution in [-0.4, -0.2) is 35.4 Å². The number of hydrogen-bond donors (Lipinski definition) is 2. The molecule has 0 aliphatic carbocycles. The maximum atomic E-state index is 11.0. The molecule has 0 unspecified atom stereocenters. The van der Waals surface area contributed by atoms with Gasteiger partial charge < -0.3 is 14.9 Å². The molecular weight excluding hydrogens is 432 g/mol. The summed E-state index contributed by atoms with van der Waals surface area (Å²) in [6, 6.07) is 29.0. The Labute approximate surface area is 202 Å². The van der Waals surface area contributed by atoms with Crippen LogP contribution in [0.4, 0.5) is 0 Å². The Hall–Kier alpha value is -3.70. The average Bonchev–Trinajstić information content (AvgIpc) is 2.83. The van der Waals surface area contributed by atoms with E-state index in [9.17, 15) is 9.59 Å². The van der Waals surface area contributed by atoms with E-state index in [0.717, 1.165) is 11.1 Å². The molecule has 2 N–H and O–H groups in total. The zero-order chi connectivity index (χ0) is 26.0. The maximum absolute atomic E-state index is 11.0. The Morgan fingerprint density at radius 2 is 1.12 bits per heavy atom. The molecule has 0 radical (unpaired) electrons. The van der Waals surface area contributed by atoms with Gasteiger partial charge in [-0.15, -0.1) is 0 Å². The SMILES string of the molecule is CCO.CCOC(=O)Cc1ccccc1.Cc1ccccc1.O=C(O)Cc1ccccc1.[C-]#[O+]. The van der Waals surface area contributed by atoms with Gasteiger partial charge in [0, 0.05) is 6.61 Å². The molecule has 3 aromatic carbocycles. The van der Waals surface area contributed by atoms with Crippen molar-refractivity contribution in [3.63, 3.8) is 0 Å². The number of carboxylic acids is 1. The molecule has 0 fully saturated rings. The Kier molecular flexibility index (Phi) is 22.9. The molecular formula is C28H34O6. The van der Waals surface area contributed by atoms with Gasteiger partial charge in [0.05, 0.1) is 19.4 Å². The van der Waals surface area contributed by atoms with E-state index < -0.39 is 5.97 Å². The van der Waals surface area contributed by atoms with Crippen molar-refractivity contribution in [3.8, 4) is 0 Å². The van der Waals surface area contributed by atoms with E-state index in [1.807, 2.05) is 73.7 Å². The predicted molar refractivity (Wildman–Crippen MR) is 132 cm³/mol. The second-order valence-electron chi connectivity index (χ2n) is 6.49. The molecule has 3 rings (SSSR count). The molecule has 0 spiro atoms. The van der Waals surface area contributed by atoms with Gasteiger partial charge in [0.25, 0.3) is 0 Å². The van der Waals surface area contributed by atoms with E-state index >= 15 is 0 Å². The number of esters is 1. The van der Waals surface area contributed by atoms with Gasteiger partial charge in [-0.1, -0.05) is 96.6 Å². The van der Waals surface area contributed by atoms with E-state index in [1.165, 1.54) is 5.56 Å². The van der Waals surface area contributed by atoms with Gasteiger partial charge in [0.1, 0.15) is 0 Å². The van der Waals surface area contributed by atoms with Gasteiger partial charge in [0.15, 0.2) is 0 Å². The molecule has 0 saturated heterocycles. The summed E-state index contributed by atoms with van der Waals surface area (Å²) in [5.41, 5.74) is 3.16. The van der Waals surface area contributed by atoms with E-state index in [1.54, 1.807) is 19.1 Å². The fourth-order valence-corrected chi connectivity index (χ4v) is 2.28. The predicted octanol–water partition coefficient (Wildman–Crippen LogP) is 5.06. The number of aliphatic carboxylic acids is 1. The van der Waals surface area contributed by atoms with Gasteiger partial charge in [0.2, 0.25) is 0 Å². The first-order chi connectivity index (χ1) is 16.4. The second kappa shape index (κ2) is 24.0. The third-order valence-corrected chi connectivity index (χ3v) is 3.64. The molecule has 3 aromatic rings. The summed E-state index contributed by atoms with van der Waals surface area (Å²) in [6.07, 6.45) is 0.482. The van der Waals surface area contributed by atoms with Crippen molar-refractivity contribution >= 4 is 11.9 Å². The number of rotatable bonds is 5. The average molecular weight is 467 g/mol. The number of carbonyl (C=O) groups excluding carboxylic acids is 1. The van der Waals surface area contributed by atoms with E-state index in [2.05, 4.69) is 25.7 Å². The third kappa shape index (κ3) is 21.5. The number of carbonyl (C=O) groups is 2. The van der Waals surface area contributed by atoms with E-state index in [0.29, 0.717) is 13.0 Å².